The molecule has 0 fully saturated rings. The number of hydrogen-bond donors (Lipinski definition) is 0. The van der Waals surface area contributed by atoms with Crippen LogP contribution in [0.2, 0.25) is 0 Å². The van der Waals surface area contributed by atoms with Gasteiger partial charge in [0.05, 0.1) is 23.3 Å². The van der Waals surface area contributed by atoms with Crippen molar-refractivity contribution in [2.75, 3.05) is 0 Å². The molecule has 0 spiro atoms. The summed E-state index contributed by atoms with van der Waals surface area (Å²) < 4.78 is 21.0. The van der Waals surface area contributed by atoms with Gasteiger partial charge in [0.1, 0.15) is 10.6 Å². The van der Waals surface area contributed by atoms with Gasteiger partial charge in [-0.05, 0) is 61.7 Å². The Morgan fingerprint density at radius 2 is 2.00 bits per heavy atom. The van der Waals surface area contributed by atoms with Gasteiger partial charge in [0.15, 0.2) is 5.16 Å². The van der Waals surface area contributed by atoms with Crippen molar-refractivity contribution in [2.45, 2.75) is 50.3 Å². The van der Waals surface area contributed by atoms with Crippen molar-refractivity contribution in [3.8, 4) is 5.69 Å². The molecule has 2 aromatic heterocycles. The molecule has 5 rings (SSSR count). The molecule has 0 saturated heterocycles. The SMILES string of the molecule is Cc1cccc(-n2c(SCc3ccc(F)cc3)nc3sc4c(c3c2=O)CC(C)(C)OC4)c1. The molecule has 1 aliphatic heterocycles. The van der Waals surface area contributed by atoms with E-state index >= 15 is 0 Å². The van der Waals surface area contributed by atoms with Crippen LogP contribution in [0, 0.1) is 12.7 Å². The summed E-state index contributed by atoms with van der Waals surface area (Å²) in [4.78, 5) is 20.7. The second-order valence-corrected chi connectivity index (χ2v) is 10.7. The second kappa shape index (κ2) is 8.14. The van der Waals surface area contributed by atoms with E-state index in [2.05, 4.69) is 13.8 Å². The maximum atomic E-state index is 13.9. The molecule has 32 heavy (non-hydrogen) atoms. The minimum absolute atomic E-state index is 0.0441. The van der Waals surface area contributed by atoms with Crippen LogP contribution >= 0.6 is 23.1 Å². The van der Waals surface area contributed by atoms with Crippen LogP contribution in [-0.4, -0.2) is 15.2 Å². The molecule has 0 saturated carbocycles. The van der Waals surface area contributed by atoms with Gasteiger partial charge < -0.3 is 4.74 Å². The quantitative estimate of drug-likeness (QED) is 0.272. The lowest BCUT2D eigenvalue weighted by Crippen LogP contribution is -2.32. The van der Waals surface area contributed by atoms with E-state index in [-0.39, 0.29) is 17.0 Å². The van der Waals surface area contributed by atoms with Gasteiger partial charge in [-0.25, -0.2) is 9.37 Å². The number of aromatic nitrogens is 2. The molecule has 0 radical (unpaired) electrons. The molecule has 0 unspecified atom stereocenters. The molecule has 7 heteroatoms. The van der Waals surface area contributed by atoms with Crippen LogP contribution in [0.1, 0.15) is 35.4 Å². The first-order chi connectivity index (χ1) is 15.3. The first-order valence-electron chi connectivity index (χ1n) is 10.5. The highest BCUT2D eigenvalue weighted by molar-refractivity contribution is 7.98. The predicted octanol–water partition coefficient (Wildman–Crippen LogP) is 6.04. The number of thiophene rings is 1. The maximum absolute atomic E-state index is 13.9. The van der Waals surface area contributed by atoms with Crippen LogP contribution in [0.5, 0.6) is 0 Å². The Kier molecular flexibility index (Phi) is 5.43. The Hall–Kier alpha value is -2.48. The minimum atomic E-state index is -0.308. The third-order valence-corrected chi connectivity index (χ3v) is 7.72. The molecule has 0 aliphatic carbocycles. The van der Waals surface area contributed by atoms with Crippen LogP contribution in [0.15, 0.2) is 58.5 Å². The molecule has 2 aromatic carbocycles. The van der Waals surface area contributed by atoms with E-state index in [9.17, 15) is 9.18 Å². The van der Waals surface area contributed by atoms with Crippen molar-refractivity contribution in [1.82, 2.24) is 9.55 Å². The fourth-order valence-electron chi connectivity index (χ4n) is 3.99. The standard InChI is InChI=1S/C25H23FN2O2S2/c1-15-5-4-6-18(11-15)28-23(29)21-19-12-25(2,3)30-13-20(19)32-22(21)27-24(28)31-14-16-7-9-17(26)10-8-16/h4-11H,12-14H2,1-3H3. The minimum Gasteiger partial charge on any atom is -0.370 e. The summed E-state index contributed by atoms with van der Waals surface area (Å²) in [6.45, 7) is 6.63. The normalized spacial score (nSPS) is 15.1. The van der Waals surface area contributed by atoms with E-state index in [4.69, 9.17) is 9.72 Å². The third kappa shape index (κ3) is 4.00. The Morgan fingerprint density at radius 3 is 2.75 bits per heavy atom. The van der Waals surface area contributed by atoms with Crippen LogP contribution in [0.3, 0.4) is 0 Å². The summed E-state index contributed by atoms with van der Waals surface area (Å²) in [6, 6.07) is 14.3. The number of benzene rings is 2. The fraction of sp³-hybridized carbons (Fsp3) is 0.280. The smallest absolute Gasteiger partial charge is 0.267 e. The lowest BCUT2D eigenvalue weighted by atomic mass is 9.94. The molecule has 4 aromatic rings. The lowest BCUT2D eigenvalue weighted by Gasteiger charge is -2.29. The molecule has 164 valence electrons. The first-order valence-corrected chi connectivity index (χ1v) is 12.3. The molecule has 0 bridgehead atoms. The second-order valence-electron chi connectivity index (χ2n) is 8.70. The third-order valence-electron chi connectivity index (χ3n) is 5.62. The van der Waals surface area contributed by atoms with Gasteiger partial charge in [-0.3, -0.25) is 9.36 Å². The predicted molar refractivity (Wildman–Crippen MR) is 128 cm³/mol. The zero-order chi connectivity index (χ0) is 22.5. The molecule has 0 N–H and O–H groups in total. The van der Waals surface area contributed by atoms with Crippen molar-refractivity contribution < 1.29 is 9.13 Å². The number of aryl methyl sites for hydroxylation is 1. The lowest BCUT2D eigenvalue weighted by molar-refractivity contribution is -0.0379. The topological polar surface area (TPSA) is 44.1 Å². The van der Waals surface area contributed by atoms with E-state index in [0.717, 1.165) is 32.1 Å². The highest BCUT2D eigenvalue weighted by Gasteiger charge is 2.31. The van der Waals surface area contributed by atoms with Crippen molar-refractivity contribution in [3.05, 3.63) is 86.3 Å². The van der Waals surface area contributed by atoms with Gasteiger partial charge in [0, 0.05) is 17.1 Å². The van der Waals surface area contributed by atoms with E-state index < -0.39 is 0 Å². The monoisotopic (exact) mass is 466 g/mol. The number of ether oxygens (including phenoxy) is 1. The van der Waals surface area contributed by atoms with E-state index in [1.165, 1.54) is 23.9 Å². The summed E-state index contributed by atoms with van der Waals surface area (Å²) in [5.74, 6) is 0.329. The largest absolute Gasteiger partial charge is 0.370 e. The molecular formula is C25H23FN2O2S2. The van der Waals surface area contributed by atoms with E-state index in [1.54, 1.807) is 28.0 Å². The molecular weight excluding hydrogens is 443 g/mol. The van der Waals surface area contributed by atoms with Crippen molar-refractivity contribution >= 4 is 33.3 Å². The maximum Gasteiger partial charge on any atom is 0.267 e. The average molecular weight is 467 g/mol. The summed E-state index contributed by atoms with van der Waals surface area (Å²) in [6.07, 6.45) is 0.690. The van der Waals surface area contributed by atoms with Crippen molar-refractivity contribution in [3.63, 3.8) is 0 Å². The number of thioether (sulfide) groups is 1. The number of hydrogen-bond acceptors (Lipinski definition) is 5. The molecule has 3 heterocycles. The van der Waals surface area contributed by atoms with Crippen molar-refractivity contribution in [2.24, 2.45) is 0 Å². The van der Waals surface area contributed by atoms with Gasteiger partial charge >= 0.3 is 0 Å². The Bertz CT molecular complexity index is 1370. The van der Waals surface area contributed by atoms with Crippen LogP contribution < -0.4 is 5.56 Å². The number of halogens is 1. The zero-order valence-electron chi connectivity index (χ0n) is 18.1. The van der Waals surface area contributed by atoms with Gasteiger partial charge in [-0.2, -0.15) is 0 Å². The van der Waals surface area contributed by atoms with Gasteiger partial charge in [0.2, 0.25) is 0 Å². The molecule has 1 aliphatic rings. The summed E-state index contributed by atoms with van der Waals surface area (Å²) in [5, 5.41) is 1.34. The van der Waals surface area contributed by atoms with E-state index in [0.29, 0.717) is 29.3 Å². The zero-order valence-corrected chi connectivity index (χ0v) is 19.8. The van der Waals surface area contributed by atoms with E-state index in [1.807, 2.05) is 31.2 Å². The van der Waals surface area contributed by atoms with Gasteiger partial charge in [0.25, 0.3) is 5.56 Å². The van der Waals surface area contributed by atoms with Gasteiger partial charge in [-0.15, -0.1) is 11.3 Å². The number of fused-ring (bicyclic) bond motifs is 3. The highest BCUT2D eigenvalue weighted by atomic mass is 32.2. The Labute approximate surface area is 194 Å². The van der Waals surface area contributed by atoms with Crippen LogP contribution in [0.25, 0.3) is 15.9 Å². The Morgan fingerprint density at radius 1 is 1.22 bits per heavy atom. The van der Waals surface area contributed by atoms with Gasteiger partial charge in [-0.1, -0.05) is 36.0 Å². The number of rotatable bonds is 4. The summed E-state index contributed by atoms with van der Waals surface area (Å²) in [7, 11) is 0. The summed E-state index contributed by atoms with van der Waals surface area (Å²) in [5.41, 5.74) is 3.57. The Balaban J connectivity index is 1.67. The highest BCUT2D eigenvalue weighted by Crippen LogP contribution is 2.38. The van der Waals surface area contributed by atoms with Crippen LogP contribution in [0.4, 0.5) is 4.39 Å². The molecule has 0 atom stereocenters. The molecule has 4 nitrogen and oxygen atoms in total. The summed E-state index contributed by atoms with van der Waals surface area (Å²) >= 11 is 3.03. The fourth-order valence-corrected chi connectivity index (χ4v) is 6.11. The molecule has 0 amide bonds. The average Bonchev–Trinajstić information content (AvgIpc) is 3.10. The van der Waals surface area contributed by atoms with Crippen LogP contribution in [-0.2, 0) is 23.5 Å². The first kappa shape index (κ1) is 21.4. The number of nitrogens with zero attached hydrogens (tertiary/aromatic N) is 2. The van der Waals surface area contributed by atoms with Crippen molar-refractivity contribution in [1.29, 1.82) is 0 Å².